The van der Waals surface area contributed by atoms with Gasteiger partial charge in [-0.15, -0.1) is 11.3 Å². The molecule has 0 amide bonds. The number of hydrogen-bond donors (Lipinski definition) is 0. The first-order chi connectivity index (χ1) is 15.5. The molecule has 0 aliphatic heterocycles. The molecule has 164 valence electrons. The van der Waals surface area contributed by atoms with Crippen LogP contribution in [0.1, 0.15) is 39.4 Å². The van der Waals surface area contributed by atoms with Gasteiger partial charge in [0.2, 0.25) is 0 Å². The maximum absolute atomic E-state index is 13.6. The zero-order valence-electron chi connectivity index (χ0n) is 16.9. The number of nitrogens with zero attached hydrogens (tertiary/aromatic N) is 2. The fourth-order valence-electron chi connectivity index (χ4n) is 3.91. The number of carbonyl (C=O) groups is 1. The first-order valence-corrected chi connectivity index (χ1v) is 12.8. The van der Waals surface area contributed by atoms with Crippen molar-refractivity contribution in [2.45, 2.75) is 37.4 Å². The molecule has 1 aromatic carbocycles. The predicted molar refractivity (Wildman–Crippen MR) is 130 cm³/mol. The molecule has 4 aromatic rings. The Morgan fingerprint density at radius 2 is 2.03 bits per heavy atom. The van der Waals surface area contributed by atoms with Gasteiger partial charge < -0.3 is 4.42 Å². The van der Waals surface area contributed by atoms with E-state index < -0.39 is 0 Å². The van der Waals surface area contributed by atoms with Crippen molar-refractivity contribution in [2.75, 3.05) is 5.75 Å². The number of benzene rings is 1. The van der Waals surface area contributed by atoms with Crippen molar-refractivity contribution in [3.63, 3.8) is 0 Å². The third-order valence-electron chi connectivity index (χ3n) is 5.51. The highest BCUT2D eigenvalue weighted by molar-refractivity contribution is 7.99. The maximum Gasteiger partial charge on any atom is 0.263 e. The van der Waals surface area contributed by atoms with Gasteiger partial charge in [-0.3, -0.25) is 14.2 Å². The second-order valence-corrected chi connectivity index (χ2v) is 10.4. The van der Waals surface area contributed by atoms with Gasteiger partial charge in [0.25, 0.3) is 5.56 Å². The third-order valence-corrected chi connectivity index (χ3v) is 8.41. The molecule has 5 nitrogen and oxygen atoms in total. The summed E-state index contributed by atoms with van der Waals surface area (Å²) in [6.45, 7) is 0.267. The number of aryl methyl sites for hydroxylation is 2. The first kappa shape index (κ1) is 21.8. The number of carbonyl (C=O) groups excluding carboxylic acids is 1. The Balaban J connectivity index is 1.52. The van der Waals surface area contributed by atoms with E-state index in [4.69, 9.17) is 32.6 Å². The number of Topliss-reactive ketones (excluding diaryl/α,β-unsaturated/α-hetero) is 1. The zero-order valence-corrected chi connectivity index (χ0v) is 20.0. The molecule has 0 atom stereocenters. The number of hydrogen-bond acceptors (Lipinski definition) is 6. The molecule has 0 radical (unpaired) electrons. The quantitative estimate of drug-likeness (QED) is 0.176. The molecule has 0 fully saturated rings. The van der Waals surface area contributed by atoms with E-state index in [1.54, 1.807) is 46.4 Å². The van der Waals surface area contributed by atoms with Gasteiger partial charge in [-0.1, -0.05) is 35.0 Å². The van der Waals surface area contributed by atoms with E-state index in [9.17, 15) is 9.59 Å². The van der Waals surface area contributed by atoms with Gasteiger partial charge in [0.05, 0.1) is 34.0 Å². The smallest absolute Gasteiger partial charge is 0.263 e. The summed E-state index contributed by atoms with van der Waals surface area (Å²) in [6.07, 6.45) is 5.71. The normalized spacial score (nSPS) is 13.4. The van der Waals surface area contributed by atoms with Crippen LogP contribution in [0.5, 0.6) is 0 Å². The lowest BCUT2D eigenvalue weighted by molar-refractivity contribution is 0.102. The van der Waals surface area contributed by atoms with Crippen LogP contribution in [0, 0.1) is 0 Å². The van der Waals surface area contributed by atoms with E-state index >= 15 is 0 Å². The van der Waals surface area contributed by atoms with Crippen LogP contribution in [0.25, 0.3) is 10.2 Å². The highest BCUT2D eigenvalue weighted by Gasteiger charge is 2.23. The van der Waals surface area contributed by atoms with Gasteiger partial charge in [0, 0.05) is 10.4 Å². The van der Waals surface area contributed by atoms with Crippen molar-refractivity contribution in [3.8, 4) is 0 Å². The average Bonchev–Trinajstić information content (AvgIpc) is 3.43. The van der Waals surface area contributed by atoms with Gasteiger partial charge in [-0.05, 0) is 61.6 Å². The van der Waals surface area contributed by atoms with E-state index in [2.05, 4.69) is 0 Å². The van der Waals surface area contributed by atoms with Crippen LogP contribution < -0.4 is 5.56 Å². The Hall–Kier alpha value is -2.06. The summed E-state index contributed by atoms with van der Waals surface area (Å²) >= 11 is 14.9. The number of aromatic nitrogens is 2. The summed E-state index contributed by atoms with van der Waals surface area (Å²) in [7, 11) is 0. The number of ketones is 1. The van der Waals surface area contributed by atoms with Crippen molar-refractivity contribution in [1.82, 2.24) is 9.55 Å². The molecule has 3 aromatic heterocycles. The Bertz CT molecular complexity index is 1380. The molecule has 0 saturated heterocycles. The fraction of sp³-hybridized carbons (Fsp3) is 0.261. The molecule has 9 heteroatoms. The molecule has 0 N–H and O–H groups in total. The topological polar surface area (TPSA) is 65.1 Å². The minimum atomic E-state index is -0.113. The number of rotatable bonds is 6. The fourth-order valence-corrected chi connectivity index (χ4v) is 6.40. The van der Waals surface area contributed by atoms with Crippen LogP contribution in [-0.4, -0.2) is 21.1 Å². The standard InChI is InChI=1S/C23H18Cl2N2O3S2/c24-16-8-7-13(10-17(16)25)18(28)12-31-23-26-21-20(15-5-1-2-6-19(15)32-21)22(29)27(23)11-14-4-3-9-30-14/h3-4,7-10H,1-2,5-6,11-12H2. The molecule has 0 bridgehead atoms. The van der Waals surface area contributed by atoms with Crippen LogP contribution in [0.4, 0.5) is 0 Å². The Morgan fingerprint density at radius 3 is 2.81 bits per heavy atom. The number of furan rings is 1. The summed E-state index contributed by atoms with van der Waals surface area (Å²) < 4.78 is 7.11. The van der Waals surface area contributed by atoms with Crippen molar-refractivity contribution in [3.05, 3.63) is 78.8 Å². The van der Waals surface area contributed by atoms with Crippen LogP contribution in [0.15, 0.2) is 51.0 Å². The van der Waals surface area contributed by atoms with Gasteiger partial charge in [-0.25, -0.2) is 4.98 Å². The summed E-state index contributed by atoms with van der Waals surface area (Å²) in [6, 6.07) is 8.44. The summed E-state index contributed by atoms with van der Waals surface area (Å²) in [5.41, 5.74) is 1.54. The van der Waals surface area contributed by atoms with Gasteiger partial charge in [0.15, 0.2) is 10.9 Å². The SMILES string of the molecule is O=C(CSc1nc2sc3c(c2c(=O)n1Cc1ccco1)CCCC3)c1ccc(Cl)c(Cl)c1. The summed E-state index contributed by atoms with van der Waals surface area (Å²) in [5, 5.41) is 1.96. The van der Waals surface area contributed by atoms with Gasteiger partial charge in [0.1, 0.15) is 10.6 Å². The minimum absolute atomic E-state index is 0.0738. The molecule has 3 heterocycles. The molecule has 1 aliphatic rings. The van der Waals surface area contributed by atoms with E-state index in [1.165, 1.54) is 16.6 Å². The zero-order chi connectivity index (χ0) is 22.2. The van der Waals surface area contributed by atoms with E-state index in [-0.39, 0.29) is 23.6 Å². The number of thiophene rings is 1. The van der Waals surface area contributed by atoms with Crippen molar-refractivity contribution in [2.24, 2.45) is 0 Å². The van der Waals surface area contributed by atoms with E-state index in [0.29, 0.717) is 26.5 Å². The van der Waals surface area contributed by atoms with Crippen molar-refractivity contribution in [1.29, 1.82) is 0 Å². The number of halogens is 2. The Kier molecular flexibility index (Phi) is 6.16. The van der Waals surface area contributed by atoms with Gasteiger partial charge >= 0.3 is 0 Å². The van der Waals surface area contributed by atoms with Crippen molar-refractivity contribution < 1.29 is 9.21 Å². The van der Waals surface area contributed by atoms with Crippen molar-refractivity contribution >= 4 is 62.3 Å². The lowest BCUT2D eigenvalue weighted by Crippen LogP contribution is -2.24. The van der Waals surface area contributed by atoms with Crippen LogP contribution >= 0.6 is 46.3 Å². The first-order valence-electron chi connectivity index (χ1n) is 10.2. The molecule has 1 aliphatic carbocycles. The molecule has 0 saturated carbocycles. The maximum atomic E-state index is 13.6. The molecule has 0 spiro atoms. The molecular formula is C23H18Cl2N2O3S2. The Morgan fingerprint density at radius 1 is 1.19 bits per heavy atom. The summed E-state index contributed by atoms with van der Waals surface area (Å²) in [5.74, 6) is 0.673. The largest absolute Gasteiger partial charge is 0.467 e. The highest BCUT2D eigenvalue weighted by Crippen LogP contribution is 2.35. The third kappa shape index (κ3) is 4.15. The average molecular weight is 505 g/mol. The lowest BCUT2D eigenvalue weighted by Gasteiger charge is -2.12. The van der Waals surface area contributed by atoms with Crippen LogP contribution in [0.3, 0.4) is 0 Å². The molecular weight excluding hydrogens is 487 g/mol. The molecule has 0 unspecified atom stereocenters. The van der Waals surface area contributed by atoms with Crippen LogP contribution in [-0.2, 0) is 19.4 Å². The van der Waals surface area contributed by atoms with E-state index in [0.717, 1.165) is 41.5 Å². The predicted octanol–water partition coefficient (Wildman–Crippen LogP) is 6.26. The van der Waals surface area contributed by atoms with E-state index in [1.807, 2.05) is 6.07 Å². The monoisotopic (exact) mass is 504 g/mol. The number of fused-ring (bicyclic) bond motifs is 3. The number of thioether (sulfide) groups is 1. The molecule has 5 rings (SSSR count). The summed E-state index contributed by atoms with van der Waals surface area (Å²) in [4.78, 5) is 33.2. The Labute approximate surface area is 202 Å². The minimum Gasteiger partial charge on any atom is -0.467 e. The highest BCUT2D eigenvalue weighted by atomic mass is 35.5. The van der Waals surface area contributed by atoms with Crippen LogP contribution in [0.2, 0.25) is 10.0 Å². The lowest BCUT2D eigenvalue weighted by atomic mass is 9.97. The molecule has 32 heavy (non-hydrogen) atoms. The second-order valence-electron chi connectivity index (χ2n) is 7.60. The second kappa shape index (κ2) is 9.06. The van der Waals surface area contributed by atoms with Gasteiger partial charge in [-0.2, -0.15) is 0 Å².